The van der Waals surface area contributed by atoms with Gasteiger partial charge in [-0.15, -0.1) is 0 Å². The second-order valence-corrected chi connectivity index (χ2v) is 13.2. The molecule has 0 aliphatic carbocycles. The Hall–Kier alpha value is -5.08. The summed E-state index contributed by atoms with van der Waals surface area (Å²) in [7, 11) is 0. The van der Waals surface area contributed by atoms with E-state index in [0.717, 1.165) is 17.0 Å². The number of carboxylic acids is 1. The number of amides is 3. The number of rotatable bonds is 15. The zero-order valence-corrected chi connectivity index (χ0v) is 28.5. The van der Waals surface area contributed by atoms with Crippen molar-refractivity contribution in [3.63, 3.8) is 0 Å². The average Bonchev–Trinajstić information content (AvgIpc) is 3.41. The van der Waals surface area contributed by atoms with Gasteiger partial charge in [-0.1, -0.05) is 50.2 Å². The molecule has 0 saturated heterocycles. The number of H-pyrrole nitrogens is 1. The number of carbonyl (C=O) groups excluding carboxylic acids is 4. The molecule has 0 aliphatic rings. The van der Waals surface area contributed by atoms with E-state index in [1.54, 1.807) is 40.8 Å². The molecule has 272 valence electrons. The number of hydrogen-bond donors (Lipinski definition) is 5. The summed E-state index contributed by atoms with van der Waals surface area (Å²) in [5.74, 6) is -4.46. The lowest BCUT2D eigenvalue weighted by Crippen LogP contribution is -2.57. The molecule has 1 heterocycles. The predicted octanol–water partition coefficient (Wildman–Crippen LogP) is 4.90. The topological polar surface area (TPSA) is 176 Å². The molecule has 50 heavy (non-hydrogen) atoms. The van der Waals surface area contributed by atoms with Crippen LogP contribution in [0.3, 0.4) is 0 Å². The molecule has 3 rings (SSSR count). The molecule has 0 bridgehead atoms. The number of halogens is 3. The van der Waals surface area contributed by atoms with Crippen molar-refractivity contribution >= 4 is 40.7 Å². The fourth-order valence-corrected chi connectivity index (χ4v) is 5.17. The highest BCUT2D eigenvalue weighted by Gasteiger charge is 2.34. The van der Waals surface area contributed by atoms with Gasteiger partial charge in [0.15, 0.2) is 0 Å². The molecule has 1 aromatic heterocycles. The fraction of sp³-hybridized carbons (Fsp3) is 0.457. The van der Waals surface area contributed by atoms with Crippen LogP contribution in [-0.2, 0) is 47.7 Å². The van der Waals surface area contributed by atoms with Crippen molar-refractivity contribution in [3.8, 4) is 0 Å². The maximum absolute atomic E-state index is 13.7. The van der Waals surface area contributed by atoms with Crippen LogP contribution in [0, 0.1) is 5.92 Å². The lowest BCUT2D eigenvalue weighted by molar-refractivity contribution is -0.152. The summed E-state index contributed by atoms with van der Waals surface area (Å²) in [6, 6.07) is 7.87. The van der Waals surface area contributed by atoms with Crippen LogP contribution >= 0.6 is 0 Å². The summed E-state index contributed by atoms with van der Waals surface area (Å²) in [6.45, 7) is 8.00. The molecule has 2 aromatic carbocycles. The van der Waals surface area contributed by atoms with Gasteiger partial charge >= 0.3 is 24.2 Å². The molecular formula is C35H43F3N4O8. The van der Waals surface area contributed by atoms with Gasteiger partial charge in [-0.2, -0.15) is 13.2 Å². The highest BCUT2D eigenvalue weighted by molar-refractivity contribution is 5.94. The van der Waals surface area contributed by atoms with Crippen LogP contribution in [0.5, 0.6) is 0 Å². The number of ether oxygens (including phenoxy) is 2. The summed E-state index contributed by atoms with van der Waals surface area (Å²) in [4.78, 5) is 67.6. The van der Waals surface area contributed by atoms with Crippen molar-refractivity contribution in [1.29, 1.82) is 0 Å². The highest BCUT2D eigenvalue weighted by Crippen LogP contribution is 2.32. The highest BCUT2D eigenvalue weighted by atomic mass is 19.4. The van der Waals surface area contributed by atoms with Crippen LogP contribution in [0.1, 0.15) is 64.2 Å². The van der Waals surface area contributed by atoms with Crippen molar-refractivity contribution in [2.24, 2.45) is 5.92 Å². The van der Waals surface area contributed by atoms with Gasteiger partial charge in [-0.05, 0) is 56.4 Å². The first-order valence-corrected chi connectivity index (χ1v) is 16.0. The molecule has 15 heteroatoms. The Morgan fingerprint density at radius 1 is 0.840 bits per heavy atom. The first kappa shape index (κ1) is 39.4. The molecule has 0 unspecified atom stereocenters. The molecular weight excluding hydrogens is 661 g/mol. The summed E-state index contributed by atoms with van der Waals surface area (Å²) in [5, 5.41) is 17.7. The number of para-hydroxylation sites is 1. The van der Waals surface area contributed by atoms with E-state index in [1.165, 1.54) is 18.2 Å². The third-order valence-electron chi connectivity index (χ3n) is 7.36. The Bertz CT molecular complexity index is 1670. The van der Waals surface area contributed by atoms with Gasteiger partial charge in [0.05, 0.1) is 18.6 Å². The standard InChI is InChI=1S/C35H43F3N4O8/c1-20(2)16-26(30(45)41-28(18-29(43)44)32(47)49-15-14-21-10-6-8-12-24(21)35(36,37)38)40-31(46)27(42-33(48)50-34(3,4)5)17-22-19-39-25-13-9-7-11-23(22)25/h6-13,19-20,26-28,39H,14-18H2,1-5H3,(H,40,46)(H,41,45)(H,42,48)(H,43,44)/t26-,27-,28-/m0/s1. The molecule has 0 radical (unpaired) electrons. The van der Waals surface area contributed by atoms with E-state index in [2.05, 4.69) is 20.9 Å². The number of fused-ring (bicyclic) bond motifs is 1. The SMILES string of the molecule is CC(C)C[C@H](NC(=O)[C@H](Cc1c[nH]c2ccccc12)NC(=O)OC(C)(C)C)C(=O)N[C@@H](CC(=O)O)C(=O)OCCc1ccccc1C(F)(F)F. The summed E-state index contributed by atoms with van der Waals surface area (Å²) in [6.07, 6.45) is -4.94. The number of benzene rings is 2. The fourth-order valence-electron chi connectivity index (χ4n) is 5.17. The number of esters is 1. The summed E-state index contributed by atoms with van der Waals surface area (Å²) < 4.78 is 50.5. The second kappa shape index (κ2) is 17.0. The van der Waals surface area contributed by atoms with Crippen LogP contribution in [0.25, 0.3) is 10.9 Å². The number of aromatic nitrogens is 1. The third kappa shape index (κ3) is 12.1. The first-order valence-electron chi connectivity index (χ1n) is 16.0. The van der Waals surface area contributed by atoms with E-state index in [-0.39, 0.29) is 30.7 Å². The lowest BCUT2D eigenvalue weighted by atomic mass is 10.0. The van der Waals surface area contributed by atoms with Gasteiger partial charge in [-0.25, -0.2) is 9.59 Å². The quantitative estimate of drug-likeness (QED) is 0.139. The number of alkyl halides is 3. The molecule has 0 fully saturated rings. The van der Waals surface area contributed by atoms with Crippen LogP contribution < -0.4 is 16.0 Å². The van der Waals surface area contributed by atoms with Crippen molar-refractivity contribution < 1.29 is 51.7 Å². The summed E-state index contributed by atoms with van der Waals surface area (Å²) >= 11 is 0. The number of carbonyl (C=O) groups is 5. The minimum absolute atomic E-state index is 0.0105. The van der Waals surface area contributed by atoms with Crippen LogP contribution in [0.4, 0.5) is 18.0 Å². The maximum Gasteiger partial charge on any atom is 0.416 e. The predicted molar refractivity (Wildman–Crippen MR) is 177 cm³/mol. The van der Waals surface area contributed by atoms with E-state index < -0.39 is 78.3 Å². The third-order valence-corrected chi connectivity index (χ3v) is 7.36. The van der Waals surface area contributed by atoms with Crippen molar-refractivity contribution in [2.45, 2.75) is 90.2 Å². The Kier molecular flexibility index (Phi) is 13.4. The van der Waals surface area contributed by atoms with Gasteiger partial charge in [0.1, 0.15) is 23.7 Å². The molecule has 0 spiro atoms. The number of hydrogen-bond acceptors (Lipinski definition) is 7. The monoisotopic (exact) mass is 704 g/mol. The van der Waals surface area contributed by atoms with E-state index in [9.17, 15) is 42.3 Å². The Morgan fingerprint density at radius 3 is 2.10 bits per heavy atom. The number of alkyl carbamates (subject to hydrolysis) is 1. The van der Waals surface area contributed by atoms with Gasteiger partial charge in [0, 0.05) is 29.9 Å². The van der Waals surface area contributed by atoms with Gasteiger partial charge < -0.3 is 35.5 Å². The number of carboxylic acid groups (broad SMARTS) is 1. The molecule has 3 aromatic rings. The molecule has 12 nitrogen and oxygen atoms in total. The number of nitrogens with one attached hydrogen (secondary N) is 4. The van der Waals surface area contributed by atoms with Gasteiger partial charge in [-0.3, -0.25) is 14.4 Å². The van der Waals surface area contributed by atoms with Gasteiger partial charge in [0.2, 0.25) is 11.8 Å². The molecule has 5 N–H and O–H groups in total. The van der Waals surface area contributed by atoms with Crippen molar-refractivity contribution in [2.75, 3.05) is 6.61 Å². The average molecular weight is 705 g/mol. The zero-order chi connectivity index (χ0) is 37.2. The molecule has 3 atom stereocenters. The lowest BCUT2D eigenvalue weighted by Gasteiger charge is -2.26. The molecule has 0 saturated carbocycles. The minimum atomic E-state index is -4.63. The Labute approximate surface area is 287 Å². The normalized spacial score (nSPS) is 13.6. The number of aromatic amines is 1. The van der Waals surface area contributed by atoms with E-state index in [4.69, 9.17) is 9.47 Å². The van der Waals surface area contributed by atoms with E-state index in [0.29, 0.717) is 5.56 Å². The maximum atomic E-state index is 13.7. The van der Waals surface area contributed by atoms with Crippen LogP contribution in [0.15, 0.2) is 54.7 Å². The molecule has 0 aliphatic heterocycles. The van der Waals surface area contributed by atoms with E-state index >= 15 is 0 Å². The molecule has 3 amide bonds. The minimum Gasteiger partial charge on any atom is -0.481 e. The number of aliphatic carboxylic acids is 1. The zero-order valence-electron chi connectivity index (χ0n) is 28.5. The second-order valence-electron chi connectivity index (χ2n) is 13.2. The largest absolute Gasteiger partial charge is 0.481 e. The van der Waals surface area contributed by atoms with E-state index in [1.807, 2.05) is 24.3 Å². The van der Waals surface area contributed by atoms with Crippen LogP contribution in [-0.4, -0.2) is 70.3 Å². The van der Waals surface area contributed by atoms with Crippen molar-refractivity contribution in [1.82, 2.24) is 20.9 Å². The summed E-state index contributed by atoms with van der Waals surface area (Å²) in [5.41, 5.74) is -0.404. The van der Waals surface area contributed by atoms with Crippen molar-refractivity contribution in [3.05, 3.63) is 71.4 Å². The Balaban J connectivity index is 1.77. The Morgan fingerprint density at radius 2 is 1.46 bits per heavy atom. The van der Waals surface area contributed by atoms with Crippen LogP contribution in [0.2, 0.25) is 0 Å². The first-order chi connectivity index (χ1) is 23.3. The smallest absolute Gasteiger partial charge is 0.416 e. The van der Waals surface area contributed by atoms with Gasteiger partial charge in [0.25, 0.3) is 0 Å².